The highest BCUT2D eigenvalue weighted by molar-refractivity contribution is 5.98. The van der Waals surface area contributed by atoms with Crippen LogP contribution in [0.4, 0.5) is 4.39 Å². The van der Waals surface area contributed by atoms with Gasteiger partial charge in [0.1, 0.15) is 11.9 Å². The van der Waals surface area contributed by atoms with Gasteiger partial charge in [-0.1, -0.05) is 26.0 Å². The van der Waals surface area contributed by atoms with Gasteiger partial charge in [0.2, 0.25) is 0 Å². The lowest BCUT2D eigenvalue weighted by Gasteiger charge is -2.20. The molecule has 10 heteroatoms. The molecule has 2 rings (SSSR count). The molecule has 0 fully saturated rings. The Labute approximate surface area is 203 Å². The SMILES string of the molecule is CCOC(=O)COc1ccc(C=NNC(=O)C(NC(=O)c2ccccc2F)C(C)C)cc1OCC. The number of hydrazone groups is 1. The van der Waals surface area contributed by atoms with E-state index in [1.165, 1.54) is 30.5 Å². The van der Waals surface area contributed by atoms with E-state index in [1.807, 2.05) is 0 Å². The van der Waals surface area contributed by atoms with Gasteiger partial charge in [-0.05, 0) is 55.7 Å². The number of hydrogen-bond donors (Lipinski definition) is 2. The van der Waals surface area contributed by atoms with Crippen LogP contribution in [0.1, 0.15) is 43.6 Å². The lowest BCUT2D eigenvalue weighted by molar-refractivity contribution is -0.145. The molecule has 188 valence electrons. The summed E-state index contributed by atoms with van der Waals surface area (Å²) in [6.45, 7) is 7.37. The summed E-state index contributed by atoms with van der Waals surface area (Å²) < 4.78 is 29.8. The Bertz CT molecular complexity index is 1060. The Kier molecular flexibility index (Phi) is 10.7. The third-order valence-corrected chi connectivity index (χ3v) is 4.66. The summed E-state index contributed by atoms with van der Waals surface area (Å²) in [6.07, 6.45) is 1.39. The van der Waals surface area contributed by atoms with Gasteiger partial charge in [0.25, 0.3) is 11.8 Å². The van der Waals surface area contributed by atoms with Crippen LogP contribution < -0.4 is 20.2 Å². The van der Waals surface area contributed by atoms with Crippen molar-refractivity contribution in [2.45, 2.75) is 33.7 Å². The number of nitrogens with one attached hydrogen (secondary N) is 2. The first kappa shape index (κ1) is 27.3. The zero-order chi connectivity index (χ0) is 25.8. The summed E-state index contributed by atoms with van der Waals surface area (Å²) in [5.41, 5.74) is 2.83. The molecule has 0 heterocycles. The molecule has 1 unspecified atom stereocenters. The molecular weight excluding hydrogens is 457 g/mol. The number of carbonyl (C=O) groups excluding carboxylic acids is 3. The Morgan fingerprint density at radius 1 is 1.03 bits per heavy atom. The molecule has 0 bridgehead atoms. The average molecular weight is 488 g/mol. The van der Waals surface area contributed by atoms with Crippen molar-refractivity contribution >= 4 is 24.0 Å². The van der Waals surface area contributed by atoms with E-state index in [1.54, 1.807) is 45.9 Å². The highest BCUT2D eigenvalue weighted by Crippen LogP contribution is 2.28. The largest absolute Gasteiger partial charge is 0.490 e. The molecule has 9 nitrogen and oxygen atoms in total. The molecule has 2 aromatic carbocycles. The van der Waals surface area contributed by atoms with Gasteiger partial charge in [0.05, 0.1) is 25.0 Å². The maximum Gasteiger partial charge on any atom is 0.344 e. The standard InChI is InChI=1S/C25H30FN3O6/c1-5-33-21-13-17(11-12-20(21)35-15-22(30)34-6-2)14-27-29-25(32)23(16(3)4)28-24(31)18-9-7-8-10-19(18)26/h7-14,16,23H,5-6,15H2,1-4H3,(H,28,31)(H,29,32). The number of halogens is 1. The van der Waals surface area contributed by atoms with Crippen LogP contribution in [0.25, 0.3) is 0 Å². The highest BCUT2D eigenvalue weighted by Gasteiger charge is 2.25. The second-order valence-electron chi connectivity index (χ2n) is 7.64. The van der Waals surface area contributed by atoms with Crippen molar-refractivity contribution < 1.29 is 33.0 Å². The zero-order valence-electron chi connectivity index (χ0n) is 20.2. The minimum Gasteiger partial charge on any atom is -0.490 e. The van der Waals surface area contributed by atoms with E-state index in [0.717, 1.165) is 0 Å². The number of hydrogen-bond acceptors (Lipinski definition) is 7. The number of nitrogens with zero attached hydrogens (tertiary/aromatic N) is 1. The molecule has 0 aliphatic heterocycles. The van der Waals surface area contributed by atoms with E-state index in [9.17, 15) is 18.8 Å². The monoisotopic (exact) mass is 487 g/mol. The van der Waals surface area contributed by atoms with E-state index < -0.39 is 29.6 Å². The van der Waals surface area contributed by atoms with Crippen molar-refractivity contribution in [1.82, 2.24) is 10.7 Å². The van der Waals surface area contributed by atoms with Crippen molar-refractivity contribution in [3.05, 3.63) is 59.4 Å². The summed E-state index contributed by atoms with van der Waals surface area (Å²) in [7, 11) is 0. The fourth-order valence-corrected chi connectivity index (χ4v) is 2.97. The minimum absolute atomic E-state index is 0.150. The van der Waals surface area contributed by atoms with Crippen molar-refractivity contribution in [2.75, 3.05) is 19.8 Å². The summed E-state index contributed by atoms with van der Waals surface area (Å²) in [5, 5.41) is 6.50. The molecule has 0 aliphatic rings. The van der Waals surface area contributed by atoms with Crippen LogP contribution >= 0.6 is 0 Å². The molecule has 2 N–H and O–H groups in total. The van der Waals surface area contributed by atoms with E-state index in [-0.39, 0.29) is 24.7 Å². The molecule has 2 amide bonds. The van der Waals surface area contributed by atoms with Crippen molar-refractivity contribution in [2.24, 2.45) is 11.0 Å². The van der Waals surface area contributed by atoms with E-state index in [0.29, 0.717) is 23.7 Å². The lowest BCUT2D eigenvalue weighted by atomic mass is 10.0. The van der Waals surface area contributed by atoms with Gasteiger partial charge >= 0.3 is 5.97 Å². The maximum absolute atomic E-state index is 13.9. The van der Waals surface area contributed by atoms with Gasteiger partial charge in [-0.2, -0.15) is 5.10 Å². The average Bonchev–Trinajstić information content (AvgIpc) is 2.82. The lowest BCUT2D eigenvalue weighted by Crippen LogP contribution is -2.48. The Balaban J connectivity index is 2.04. The normalized spacial score (nSPS) is 11.7. The van der Waals surface area contributed by atoms with Crippen LogP contribution in [0.5, 0.6) is 11.5 Å². The summed E-state index contributed by atoms with van der Waals surface area (Å²) in [5.74, 6) is -1.95. The highest BCUT2D eigenvalue weighted by atomic mass is 19.1. The Hall–Kier alpha value is -3.95. The van der Waals surface area contributed by atoms with Crippen LogP contribution in [0, 0.1) is 11.7 Å². The van der Waals surface area contributed by atoms with Crippen molar-refractivity contribution in [3.63, 3.8) is 0 Å². The molecule has 2 aromatic rings. The molecular formula is C25H30FN3O6. The van der Waals surface area contributed by atoms with Gasteiger partial charge < -0.3 is 19.5 Å². The zero-order valence-corrected chi connectivity index (χ0v) is 20.2. The third kappa shape index (κ3) is 8.40. The molecule has 0 spiro atoms. The Morgan fingerprint density at radius 3 is 2.43 bits per heavy atom. The number of esters is 1. The topological polar surface area (TPSA) is 115 Å². The molecule has 1 atom stereocenters. The van der Waals surface area contributed by atoms with Gasteiger partial charge in [0.15, 0.2) is 18.1 Å². The van der Waals surface area contributed by atoms with Crippen molar-refractivity contribution in [3.8, 4) is 11.5 Å². The maximum atomic E-state index is 13.9. The summed E-state index contributed by atoms with van der Waals surface area (Å²) in [4.78, 5) is 36.6. The van der Waals surface area contributed by atoms with Gasteiger partial charge in [-0.15, -0.1) is 0 Å². The second-order valence-corrected chi connectivity index (χ2v) is 7.64. The number of carbonyl (C=O) groups is 3. The van der Waals surface area contributed by atoms with E-state index in [4.69, 9.17) is 14.2 Å². The second kappa shape index (κ2) is 13.7. The fourth-order valence-electron chi connectivity index (χ4n) is 2.97. The van der Waals surface area contributed by atoms with Crippen molar-refractivity contribution in [1.29, 1.82) is 0 Å². The number of amides is 2. The number of benzene rings is 2. The first-order chi connectivity index (χ1) is 16.8. The summed E-state index contributed by atoms with van der Waals surface area (Å²) in [6, 6.07) is 9.51. The van der Waals surface area contributed by atoms with Gasteiger partial charge in [-0.3, -0.25) is 9.59 Å². The van der Waals surface area contributed by atoms with E-state index in [2.05, 4.69) is 15.8 Å². The Morgan fingerprint density at radius 2 is 1.77 bits per heavy atom. The van der Waals surface area contributed by atoms with Gasteiger partial charge in [0, 0.05) is 0 Å². The number of rotatable bonds is 12. The fraction of sp³-hybridized carbons (Fsp3) is 0.360. The van der Waals surface area contributed by atoms with E-state index >= 15 is 0 Å². The number of ether oxygens (including phenoxy) is 3. The minimum atomic E-state index is -0.933. The quantitative estimate of drug-likeness (QED) is 0.270. The molecule has 0 aromatic heterocycles. The molecule has 0 saturated heterocycles. The molecule has 0 aliphatic carbocycles. The molecule has 35 heavy (non-hydrogen) atoms. The first-order valence-electron chi connectivity index (χ1n) is 11.2. The van der Waals surface area contributed by atoms with Gasteiger partial charge in [-0.25, -0.2) is 14.6 Å². The molecule has 0 saturated carbocycles. The van der Waals surface area contributed by atoms with Crippen LogP contribution in [0.2, 0.25) is 0 Å². The smallest absolute Gasteiger partial charge is 0.344 e. The summed E-state index contributed by atoms with van der Waals surface area (Å²) >= 11 is 0. The van der Waals surface area contributed by atoms with Crippen LogP contribution in [0.15, 0.2) is 47.6 Å². The van der Waals surface area contributed by atoms with Crippen LogP contribution in [-0.2, 0) is 14.3 Å². The third-order valence-electron chi connectivity index (χ3n) is 4.66. The first-order valence-corrected chi connectivity index (χ1v) is 11.2. The predicted molar refractivity (Wildman–Crippen MR) is 128 cm³/mol. The molecule has 0 radical (unpaired) electrons. The predicted octanol–water partition coefficient (Wildman–Crippen LogP) is 3.07. The van der Waals surface area contributed by atoms with Crippen LogP contribution in [-0.4, -0.2) is 49.9 Å². The van der Waals surface area contributed by atoms with Crippen LogP contribution in [0.3, 0.4) is 0 Å².